The molecular weight excluding hydrogens is 254 g/mol. The highest BCUT2D eigenvalue weighted by Gasteiger charge is 2.39. The maximum Gasteiger partial charge on any atom is 0.223 e. The van der Waals surface area contributed by atoms with Crippen molar-refractivity contribution in [3.8, 4) is 0 Å². The van der Waals surface area contributed by atoms with E-state index in [0.717, 1.165) is 31.6 Å². The van der Waals surface area contributed by atoms with E-state index in [1.807, 2.05) is 18.2 Å². The van der Waals surface area contributed by atoms with E-state index >= 15 is 0 Å². The van der Waals surface area contributed by atoms with Gasteiger partial charge in [0.25, 0.3) is 0 Å². The number of ether oxygens (including phenoxy) is 1. The molecule has 0 aromatic carbocycles. The fourth-order valence-electron chi connectivity index (χ4n) is 3.16. The third kappa shape index (κ3) is 2.99. The van der Waals surface area contributed by atoms with Crippen LogP contribution in [-0.4, -0.2) is 36.7 Å². The van der Waals surface area contributed by atoms with Gasteiger partial charge in [-0.1, -0.05) is 6.07 Å². The molecule has 0 spiro atoms. The predicted molar refractivity (Wildman–Crippen MR) is 74.9 cm³/mol. The van der Waals surface area contributed by atoms with Crippen LogP contribution in [-0.2, 0) is 16.1 Å². The third-order valence-corrected chi connectivity index (χ3v) is 4.25. The van der Waals surface area contributed by atoms with Gasteiger partial charge in [0.15, 0.2) is 0 Å². The molecule has 0 radical (unpaired) electrons. The molecular formula is C15H21N3O2. The molecule has 20 heavy (non-hydrogen) atoms. The molecule has 108 valence electrons. The molecule has 0 bridgehead atoms. The number of fused-ring (bicyclic) bond motifs is 1. The van der Waals surface area contributed by atoms with Gasteiger partial charge in [0, 0.05) is 31.2 Å². The summed E-state index contributed by atoms with van der Waals surface area (Å²) in [5, 5.41) is 6.39. The van der Waals surface area contributed by atoms with Crippen LogP contribution in [0.15, 0.2) is 24.4 Å². The zero-order valence-corrected chi connectivity index (χ0v) is 11.5. The van der Waals surface area contributed by atoms with E-state index in [0.29, 0.717) is 19.1 Å². The molecule has 3 heterocycles. The highest BCUT2D eigenvalue weighted by atomic mass is 16.5. The number of hydrogen-bond donors (Lipinski definition) is 2. The first-order valence-corrected chi connectivity index (χ1v) is 7.34. The fourth-order valence-corrected chi connectivity index (χ4v) is 3.16. The molecule has 2 aliphatic heterocycles. The molecule has 2 N–H and O–H groups in total. The van der Waals surface area contributed by atoms with Crippen molar-refractivity contribution in [1.82, 2.24) is 15.6 Å². The van der Waals surface area contributed by atoms with Crippen LogP contribution >= 0.6 is 0 Å². The lowest BCUT2D eigenvalue weighted by molar-refractivity contribution is -0.137. The van der Waals surface area contributed by atoms with Gasteiger partial charge in [-0.3, -0.25) is 9.78 Å². The van der Waals surface area contributed by atoms with Gasteiger partial charge >= 0.3 is 0 Å². The van der Waals surface area contributed by atoms with Crippen molar-refractivity contribution in [3.63, 3.8) is 0 Å². The van der Waals surface area contributed by atoms with Gasteiger partial charge in [0.2, 0.25) is 5.91 Å². The highest BCUT2D eigenvalue weighted by Crippen LogP contribution is 2.30. The van der Waals surface area contributed by atoms with Crippen molar-refractivity contribution in [1.29, 1.82) is 0 Å². The van der Waals surface area contributed by atoms with Crippen molar-refractivity contribution in [2.45, 2.75) is 25.5 Å². The number of piperidine rings is 1. The lowest BCUT2D eigenvalue weighted by Gasteiger charge is -2.40. The van der Waals surface area contributed by atoms with Crippen LogP contribution in [0.2, 0.25) is 0 Å². The topological polar surface area (TPSA) is 63.2 Å². The summed E-state index contributed by atoms with van der Waals surface area (Å²) in [6, 6.07) is 5.74. The zero-order chi connectivity index (χ0) is 13.8. The Morgan fingerprint density at radius 2 is 2.40 bits per heavy atom. The van der Waals surface area contributed by atoms with Gasteiger partial charge < -0.3 is 15.4 Å². The largest absolute Gasteiger partial charge is 0.378 e. The van der Waals surface area contributed by atoms with E-state index in [9.17, 15) is 4.79 Å². The number of hydrogen-bond acceptors (Lipinski definition) is 4. The Bertz CT molecular complexity index is 450. The van der Waals surface area contributed by atoms with Gasteiger partial charge in [-0.05, 0) is 31.5 Å². The summed E-state index contributed by atoms with van der Waals surface area (Å²) in [5.41, 5.74) is 0.895. The number of carbonyl (C=O) groups excluding carboxylic acids is 1. The second kappa shape index (κ2) is 6.33. The molecule has 1 aromatic rings. The average molecular weight is 275 g/mol. The highest BCUT2D eigenvalue weighted by molar-refractivity contribution is 5.79. The Hall–Kier alpha value is -1.46. The Morgan fingerprint density at radius 3 is 3.25 bits per heavy atom. The molecule has 2 saturated heterocycles. The number of nitrogens with zero attached hydrogens (tertiary/aromatic N) is 1. The van der Waals surface area contributed by atoms with Crippen LogP contribution in [0.3, 0.4) is 0 Å². The summed E-state index contributed by atoms with van der Waals surface area (Å²) in [6.07, 6.45) is 3.82. The van der Waals surface area contributed by atoms with Crippen molar-refractivity contribution < 1.29 is 9.53 Å². The Kier molecular flexibility index (Phi) is 4.28. The summed E-state index contributed by atoms with van der Waals surface area (Å²) in [6.45, 7) is 3.07. The first-order valence-electron chi connectivity index (χ1n) is 7.34. The van der Waals surface area contributed by atoms with Crippen molar-refractivity contribution in [2.24, 2.45) is 11.8 Å². The summed E-state index contributed by atoms with van der Waals surface area (Å²) in [5.74, 6) is 0.504. The molecule has 0 aliphatic carbocycles. The second-order valence-corrected chi connectivity index (χ2v) is 5.50. The molecule has 1 aromatic heterocycles. The minimum atomic E-state index is 0.0604. The summed E-state index contributed by atoms with van der Waals surface area (Å²) in [4.78, 5) is 16.6. The number of rotatable bonds is 3. The lowest BCUT2D eigenvalue weighted by atomic mass is 9.79. The number of amides is 1. The van der Waals surface area contributed by atoms with E-state index in [1.54, 1.807) is 6.20 Å². The van der Waals surface area contributed by atoms with Crippen LogP contribution in [0.1, 0.15) is 18.5 Å². The molecule has 2 aliphatic rings. The SMILES string of the molecule is O=C(NCc1ccccn1)[C@@H]1CCO[C@@H]2CCNC[C@H]21. The number of aromatic nitrogens is 1. The van der Waals surface area contributed by atoms with E-state index in [-0.39, 0.29) is 17.9 Å². The van der Waals surface area contributed by atoms with Crippen molar-refractivity contribution in [2.75, 3.05) is 19.7 Å². The monoisotopic (exact) mass is 275 g/mol. The van der Waals surface area contributed by atoms with Gasteiger partial charge in [0.1, 0.15) is 0 Å². The minimum absolute atomic E-state index is 0.0604. The predicted octanol–water partition coefficient (Wildman–Crippen LogP) is 0.712. The van der Waals surface area contributed by atoms with E-state index in [2.05, 4.69) is 15.6 Å². The zero-order valence-electron chi connectivity index (χ0n) is 11.5. The summed E-state index contributed by atoms with van der Waals surface area (Å²) in [7, 11) is 0. The van der Waals surface area contributed by atoms with E-state index in [1.165, 1.54) is 0 Å². The Labute approximate surface area is 119 Å². The van der Waals surface area contributed by atoms with Gasteiger partial charge in [-0.15, -0.1) is 0 Å². The van der Waals surface area contributed by atoms with Gasteiger partial charge in [-0.25, -0.2) is 0 Å². The summed E-state index contributed by atoms with van der Waals surface area (Å²) < 4.78 is 5.79. The van der Waals surface area contributed by atoms with Crippen LogP contribution in [0, 0.1) is 11.8 Å². The number of nitrogens with one attached hydrogen (secondary N) is 2. The van der Waals surface area contributed by atoms with E-state index in [4.69, 9.17) is 4.74 Å². The van der Waals surface area contributed by atoms with Crippen LogP contribution in [0.4, 0.5) is 0 Å². The molecule has 3 atom stereocenters. The molecule has 0 unspecified atom stereocenters. The summed E-state index contributed by atoms with van der Waals surface area (Å²) >= 11 is 0. The second-order valence-electron chi connectivity index (χ2n) is 5.50. The maximum atomic E-state index is 12.4. The normalized spacial score (nSPS) is 29.5. The van der Waals surface area contributed by atoms with Crippen LogP contribution in [0.5, 0.6) is 0 Å². The fraction of sp³-hybridized carbons (Fsp3) is 0.600. The molecule has 5 heteroatoms. The lowest BCUT2D eigenvalue weighted by Crippen LogP contribution is -2.52. The number of carbonyl (C=O) groups is 1. The van der Waals surface area contributed by atoms with Crippen molar-refractivity contribution in [3.05, 3.63) is 30.1 Å². The average Bonchev–Trinajstić information content (AvgIpc) is 2.53. The smallest absolute Gasteiger partial charge is 0.223 e. The first-order chi connectivity index (χ1) is 9.84. The molecule has 0 saturated carbocycles. The number of pyridine rings is 1. The molecule has 2 fully saturated rings. The third-order valence-electron chi connectivity index (χ3n) is 4.25. The first kappa shape index (κ1) is 13.5. The standard InChI is InChI=1S/C15H21N3O2/c19-15(18-9-11-3-1-2-6-17-11)12-5-8-20-14-4-7-16-10-13(12)14/h1-3,6,12-14,16H,4-5,7-10H2,(H,18,19)/t12-,13+,14-/m1/s1. The Morgan fingerprint density at radius 1 is 1.45 bits per heavy atom. The van der Waals surface area contributed by atoms with Gasteiger partial charge in [0.05, 0.1) is 18.3 Å². The minimum Gasteiger partial charge on any atom is -0.378 e. The van der Waals surface area contributed by atoms with Gasteiger partial charge in [-0.2, -0.15) is 0 Å². The molecule has 1 amide bonds. The maximum absolute atomic E-state index is 12.4. The Balaban J connectivity index is 1.58. The molecule has 5 nitrogen and oxygen atoms in total. The van der Waals surface area contributed by atoms with Crippen molar-refractivity contribution >= 4 is 5.91 Å². The van der Waals surface area contributed by atoms with Crippen LogP contribution in [0.25, 0.3) is 0 Å². The quantitative estimate of drug-likeness (QED) is 0.853. The van der Waals surface area contributed by atoms with E-state index < -0.39 is 0 Å². The van der Waals surface area contributed by atoms with Crippen LogP contribution < -0.4 is 10.6 Å². The molecule has 3 rings (SSSR count).